The Bertz CT molecular complexity index is 445. The third kappa shape index (κ3) is 5.08. The van der Waals surface area contributed by atoms with Crippen molar-refractivity contribution in [2.75, 3.05) is 27.2 Å². The topological polar surface area (TPSA) is 15.3 Å². The zero-order valence-electron chi connectivity index (χ0n) is 13.7. The second-order valence-corrected chi connectivity index (χ2v) is 7.95. The maximum atomic E-state index is 3.57. The molecule has 2 rings (SSSR count). The predicted octanol–water partition coefficient (Wildman–Crippen LogP) is 4.30. The molecule has 2 unspecified atom stereocenters. The molecule has 1 aliphatic rings. The molecule has 1 aromatic carbocycles. The summed E-state index contributed by atoms with van der Waals surface area (Å²) < 4.78 is 1.17. The zero-order valence-corrected chi connectivity index (χ0v) is 15.2. The standard InChI is InChI=1S/C18H29BrN2/c1-15-6-5-9-18(11-15,13-20-2)14-21(3)12-16-7-4-8-17(19)10-16/h4,7-8,10,15,20H,5-6,9,11-14H2,1-3H3. The van der Waals surface area contributed by atoms with Crippen molar-refractivity contribution >= 4 is 15.9 Å². The second-order valence-electron chi connectivity index (χ2n) is 7.03. The first kappa shape index (κ1) is 17.0. The van der Waals surface area contributed by atoms with Gasteiger partial charge in [0.25, 0.3) is 0 Å². The quantitative estimate of drug-likeness (QED) is 0.820. The van der Waals surface area contributed by atoms with Gasteiger partial charge in [0.05, 0.1) is 0 Å². The number of rotatable bonds is 6. The third-order valence-corrected chi connectivity index (χ3v) is 5.18. The van der Waals surface area contributed by atoms with Crippen molar-refractivity contribution < 1.29 is 0 Å². The Kier molecular flexibility index (Phi) is 6.27. The molecule has 1 aliphatic carbocycles. The first-order valence-electron chi connectivity index (χ1n) is 8.11. The van der Waals surface area contributed by atoms with E-state index in [9.17, 15) is 0 Å². The molecule has 0 aliphatic heterocycles. The molecule has 0 aromatic heterocycles. The molecule has 2 atom stereocenters. The average Bonchev–Trinajstić information content (AvgIpc) is 2.38. The Morgan fingerprint density at radius 3 is 2.90 bits per heavy atom. The van der Waals surface area contributed by atoms with Gasteiger partial charge in [-0.3, -0.25) is 0 Å². The number of halogens is 1. The number of hydrogen-bond acceptors (Lipinski definition) is 2. The summed E-state index contributed by atoms with van der Waals surface area (Å²) in [5.41, 5.74) is 1.84. The molecule has 0 amide bonds. The summed E-state index contributed by atoms with van der Waals surface area (Å²) in [4.78, 5) is 2.50. The van der Waals surface area contributed by atoms with Crippen molar-refractivity contribution in [3.8, 4) is 0 Å². The lowest BCUT2D eigenvalue weighted by atomic mass is 9.69. The van der Waals surface area contributed by atoms with E-state index in [1.165, 1.54) is 42.3 Å². The molecule has 0 saturated heterocycles. The summed E-state index contributed by atoms with van der Waals surface area (Å²) >= 11 is 3.57. The summed E-state index contributed by atoms with van der Waals surface area (Å²) in [5.74, 6) is 0.867. The van der Waals surface area contributed by atoms with E-state index in [2.05, 4.69) is 71.4 Å². The molecule has 1 fully saturated rings. The minimum absolute atomic E-state index is 0.452. The molecular weight excluding hydrogens is 324 g/mol. The second kappa shape index (κ2) is 7.75. The highest BCUT2D eigenvalue weighted by Gasteiger charge is 2.35. The predicted molar refractivity (Wildman–Crippen MR) is 94.5 cm³/mol. The van der Waals surface area contributed by atoms with E-state index in [-0.39, 0.29) is 0 Å². The van der Waals surface area contributed by atoms with Gasteiger partial charge < -0.3 is 10.2 Å². The van der Waals surface area contributed by atoms with Crippen LogP contribution in [0.15, 0.2) is 28.7 Å². The first-order chi connectivity index (χ1) is 10.0. The molecule has 0 spiro atoms. The van der Waals surface area contributed by atoms with Gasteiger partial charge in [-0.25, -0.2) is 0 Å². The van der Waals surface area contributed by atoms with E-state index in [1.807, 2.05) is 0 Å². The monoisotopic (exact) mass is 352 g/mol. The zero-order chi connectivity index (χ0) is 15.3. The Morgan fingerprint density at radius 2 is 2.24 bits per heavy atom. The van der Waals surface area contributed by atoms with Crippen LogP contribution >= 0.6 is 15.9 Å². The van der Waals surface area contributed by atoms with Crippen LogP contribution in [0.3, 0.4) is 0 Å². The lowest BCUT2D eigenvalue weighted by Gasteiger charge is -2.42. The van der Waals surface area contributed by atoms with Gasteiger partial charge in [-0.1, -0.05) is 47.8 Å². The van der Waals surface area contributed by atoms with E-state index >= 15 is 0 Å². The molecule has 0 bridgehead atoms. The van der Waals surface area contributed by atoms with E-state index in [1.54, 1.807) is 0 Å². The molecule has 1 saturated carbocycles. The molecule has 1 aromatic rings. The van der Waals surface area contributed by atoms with E-state index < -0.39 is 0 Å². The molecule has 21 heavy (non-hydrogen) atoms. The molecule has 3 heteroatoms. The summed E-state index contributed by atoms with van der Waals surface area (Å²) in [7, 11) is 4.35. The van der Waals surface area contributed by atoms with Crippen molar-refractivity contribution in [1.29, 1.82) is 0 Å². The normalized spacial score (nSPS) is 26.2. The van der Waals surface area contributed by atoms with Gasteiger partial charge >= 0.3 is 0 Å². The lowest BCUT2D eigenvalue weighted by molar-refractivity contribution is 0.0910. The summed E-state index contributed by atoms with van der Waals surface area (Å²) in [6, 6.07) is 8.66. The minimum Gasteiger partial charge on any atom is -0.319 e. The fraction of sp³-hybridized carbons (Fsp3) is 0.667. The van der Waals surface area contributed by atoms with Gasteiger partial charge in [-0.2, -0.15) is 0 Å². The third-order valence-electron chi connectivity index (χ3n) is 4.68. The highest BCUT2D eigenvalue weighted by molar-refractivity contribution is 9.10. The summed E-state index contributed by atoms with van der Waals surface area (Å²) in [5, 5.41) is 3.44. The van der Waals surface area contributed by atoms with Crippen molar-refractivity contribution in [2.24, 2.45) is 11.3 Å². The smallest absolute Gasteiger partial charge is 0.0231 e. The van der Waals surface area contributed by atoms with E-state index in [0.717, 1.165) is 19.0 Å². The fourth-order valence-corrected chi connectivity index (χ4v) is 4.53. The van der Waals surface area contributed by atoms with Crippen LogP contribution in [0.5, 0.6) is 0 Å². The summed E-state index contributed by atoms with van der Waals surface area (Å²) in [6.07, 6.45) is 5.51. The number of hydrogen-bond donors (Lipinski definition) is 1. The van der Waals surface area contributed by atoms with Gasteiger partial charge in [0.1, 0.15) is 0 Å². The minimum atomic E-state index is 0.452. The average molecular weight is 353 g/mol. The van der Waals surface area contributed by atoms with Gasteiger partial charge in [-0.05, 0) is 56.0 Å². The van der Waals surface area contributed by atoms with Crippen LogP contribution in [-0.4, -0.2) is 32.1 Å². The Labute approximate surface area is 138 Å². The molecule has 0 heterocycles. The van der Waals surface area contributed by atoms with Crippen LogP contribution in [0.1, 0.15) is 38.2 Å². The van der Waals surface area contributed by atoms with Crippen LogP contribution in [0, 0.1) is 11.3 Å². The SMILES string of the molecule is CNCC1(CN(C)Cc2cccc(Br)c2)CCCC(C)C1. The number of nitrogens with one attached hydrogen (secondary N) is 1. The lowest BCUT2D eigenvalue weighted by Crippen LogP contribution is -2.44. The van der Waals surface area contributed by atoms with E-state index in [4.69, 9.17) is 0 Å². The van der Waals surface area contributed by atoms with Crippen molar-refractivity contribution in [3.63, 3.8) is 0 Å². The van der Waals surface area contributed by atoms with Crippen LogP contribution in [0.25, 0.3) is 0 Å². The first-order valence-corrected chi connectivity index (χ1v) is 8.90. The number of nitrogens with zero attached hydrogens (tertiary/aromatic N) is 1. The highest BCUT2D eigenvalue weighted by atomic mass is 79.9. The van der Waals surface area contributed by atoms with Crippen LogP contribution in [0.2, 0.25) is 0 Å². The molecule has 2 nitrogen and oxygen atoms in total. The molecule has 1 N–H and O–H groups in total. The van der Waals surface area contributed by atoms with Gasteiger partial charge in [0, 0.05) is 24.1 Å². The Morgan fingerprint density at radius 1 is 1.43 bits per heavy atom. The largest absolute Gasteiger partial charge is 0.319 e. The molecule has 0 radical (unpaired) electrons. The van der Waals surface area contributed by atoms with Crippen LogP contribution < -0.4 is 5.32 Å². The number of benzene rings is 1. The summed E-state index contributed by atoms with van der Waals surface area (Å²) in [6.45, 7) is 5.77. The molecular formula is C18H29BrN2. The Balaban J connectivity index is 1.99. The van der Waals surface area contributed by atoms with Gasteiger partial charge in [-0.15, -0.1) is 0 Å². The van der Waals surface area contributed by atoms with Gasteiger partial charge in [0.15, 0.2) is 0 Å². The Hall–Kier alpha value is -0.380. The van der Waals surface area contributed by atoms with Crippen LogP contribution in [-0.2, 0) is 6.54 Å². The van der Waals surface area contributed by atoms with Gasteiger partial charge in [0.2, 0.25) is 0 Å². The van der Waals surface area contributed by atoms with Crippen LogP contribution in [0.4, 0.5) is 0 Å². The van der Waals surface area contributed by atoms with Crippen molar-refractivity contribution in [2.45, 2.75) is 39.2 Å². The molecule has 118 valence electrons. The van der Waals surface area contributed by atoms with E-state index in [0.29, 0.717) is 5.41 Å². The van der Waals surface area contributed by atoms with Crippen molar-refractivity contribution in [1.82, 2.24) is 10.2 Å². The van der Waals surface area contributed by atoms with Crippen molar-refractivity contribution in [3.05, 3.63) is 34.3 Å². The maximum Gasteiger partial charge on any atom is 0.0231 e. The highest BCUT2D eigenvalue weighted by Crippen LogP contribution is 2.39. The fourth-order valence-electron chi connectivity index (χ4n) is 4.08. The maximum absolute atomic E-state index is 3.57.